The van der Waals surface area contributed by atoms with Crippen LogP contribution in [0.25, 0.3) is 0 Å². The first-order valence-electron chi connectivity index (χ1n) is 14.3. The van der Waals surface area contributed by atoms with Gasteiger partial charge in [-0.3, -0.25) is 19.4 Å². The Hall–Kier alpha value is -4.85. The smallest absolute Gasteiger partial charge is 0.326 e. The van der Waals surface area contributed by atoms with Gasteiger partial charge >= 0.3 is 5.97 Å². The van der Waals surface area contributed by atoms with E-state index in [0.29, 0.717) is 17.5 Å². The van der Waals surface area contributed by atoms with Crippen LogP contribution in [0, 0.1) is 5.92 Å². The standard InChI is InChI=1S/C30H43N7O7/c1-3-17(2)25(29(43)44)37-27(41)23(5-4-14-34-30(32)33)35-28(42)24(16-19-8-12-21(39)13-9-19)36-26(40)22(31)15-18-6-10-20(38)11-7-18/h6-13,17,22-25,38-39H,3-5,14-16,31H2,1-2H3,(H,35,42)(H,36,40)(H,37,41)(H,43,44)(H4,32,33,34). The molecule has 2 rings (SSSR count). The van der Waals surface area contributed by atoms with Gasteiger partial charge in [0.1, 0.15) is 29.6 Å². The molecule has 0 aliphatic carbocycles. The summed E-state index contributed by atoms with van der Waals surface area (Å²) in [6.07, 6.45) is 0.966. The third-order valence-electron chi connectivity index (χ3n) is 7.09. The van der Waals surface area contributed by atoms with E-state index in [2.05, 4.69) is 20.9 Å². The number of aromatic hydroxyl groups is 2. The van der Waals surface area contributed by atoms with Crippen molar-refractivity contribution in [3.05, 3.63) is 59.7 Å². The lowest BCUT2D eigenvalue weighted by Gasteiger charge is -2.26. The molecule has 44 heavy (non-hydrogen) atoms. The fraction of sp³-hybridized carbons (Fsp3) is 0.433. The molecule has 0 aliphatic heterocycles. The van der Waals surface area contributed by atoms with Crippen molar-refractivity contribution in [2.45, 2.75) is 70.1 Å². The number of carboxylic acid groups (broad SMARTS) is 1. The topological polar surface area (TPSA) is 255 Å². The molecule has 5 atom stereocenters. The summed E-state index contributed by atoms with van der Waals surface area (Å²) in [5, 5.41) is 36.7. The van der Waals surface area contributed by atoms with Crippen molar-refractivity contribution in [2.24, 2.45) is 28.1 Å². The third-order valence-corrected chi connectivity index (χ3v) is 7.09. The van der Waals surface area contributed by atoms with Gasteiger partial charge in [0.2, 0.25) is 17.7 Å². The Labute approximate surface area is 256 Å². The number of guanidine groups is 1. The molecule has 0 saturated carbocycles. The predicted octanol–water partition coefficient (Wildman–Crippen LogP) is -0.151. The highest BCUT2D eigenvalue weighted by molar-refractivity contribution is 5.94. The van der Waals surface area contributed by atoms with Gasteiger partial charge in [-0.1, -0.05) is 44.5 Å². The highest BCUT2D eigenvalue weighted by Gasteiger charge is 2.32. The number of carbonyl (C=O) groups is 4. The molecule has 240 valence electrons. The second-order valence-electron chi connectivity index (χ2n) is 10.6. The van der Waals surface area contributed by atoms with Crippen molar-refractivity contribution in [3.63, 3.8) is 0 Å². The maximum Gasteiger partial charge on any atom is 0.326 e. The minimum absolute atomic E-state index is 0.00323. The van der Waals surface area contributed by atoms with Crippen LogP contribution in [0.3, 0.4) is 0 Å². The van der Waals surface area contributed by atoms with E-state index in [1.165, 1.54) is 24.3 Å². The average molecular weight is 614 g/mol. The molecule has 0 aromatic heterocycles. The second-order valence-corrected chi connectivity index (χ2v) is 10.6. The van der Waals surface area contributed by atoms with E-state index < -0.39 is 47.9 Å². The first-order valence-corrected chi connectivity index (χ1v) is 14.3. The minimum atomic E-state index is -1.21. The maximum absolute atomic E-state index is 13.6. The Kier molecular flexibility index (Phi) is 13.9. The number of nitrogens with zero attached hydrogens (tertiary/aromatic N) is 1. The molecule has 12 N–H and O–H groups in total. The minimum Gasteiger partial charge on any atom is -0.508 e. The number of hydrogen-bond acceptors (Lipinski definition) is 8. The van der Waals surface area contributed by atoms with Gasteiger partial charge in [0, 0.05) is 13.0 Å². The summed E-state index contributed by atoms with van der Waals surface area (Å²) < 4.78 is 0. The van der Waals surface area contributed by atoms with Crippen LogP contribution >= 0.6 is 0 Å². The summed E-state index contributed by atoms with van der Waals surface area (Å²) in [7, 11) is 0. The number of phenols is 2. The Morgan fingerprint density at radius 3 is 1.80 bits per heavy atom. The number of aliphatic carboxylic acids is 1. The molecule has 14 nitrogen and oxygen atoms in total. The van der Waals surface area contributed by atoms with Crippen LogP contribution in [0.2, 0.25) is 0 Å². The number of amides is 3. The van der Waals surface area contributed by atoms with Gasteiger partial charge < -0.3 is 48.5 Å². The number of carbonyl (C=O) groups excluding carboxylic acids is 3. The van der Waals surface area contributed by atoms with Crippen molar-refractivity contribution in [2.75, 3.05) is 6.54 Å². The Morgan fingerprint density at radius 2 is 1.30 bits per heavy atom. The van der Waals surface area contributed by atoms with Crippen molar-refractivity contribution in [1.29, 1.82) is 0 Å². The molecular weight excluding hydrogens is 570 g/mol. The zero-order valence-electron chi connectivity index (χ0n) is 24.9. The van der Waals surface area contributed by atoms with Gasteiger partial charge in [0.15, 0.2) is 5.96 Å². The van der Waals surface area contributed by atoms with Gasteiger partial charge in [-0.05, 0) is 60.6 Å². The lowest BCUT2D eigenvalue weighted by atomic mass is 9.98. The molecule has 14 heteroatoms. The zero-order valence-corrected chi connectivity index (χ0v) is 24.9. The molecular formula is C30H43N7O7. The van der Waals surface area contributed by atoms with Crippen LogP contribution < -0.4 is 33.2 Å². The number of phenolic OH excluding ortho intramolecular Hbond substituents is 2. The molecule has 5 unspecified atom stereocenters. The van der Waals surface area contributed by atoms with Crippen molar-refractivity contribution < 1.29 is 34.5 Å². The van der Waals surface area contributed by atoms with Gasteiger partial charge in [-0.25, -0.2) is 4.79 Å². The monoisotopic (exact) mass is 613 g/mol. The van der Waals surface area contributed by atoms with E-state index in [-0.39, 0.29) is 55.6 Å². The largest absolute Gasteiger partial charge is 0.508 e. The van der Waals surface area contributed by atoms with Crippen molar-refractivity contribution >= 4 is 29.7 Å². The predicted molar refractivity (Wildman–Crippen MR) is 164 cm³/mol. The Morgan fingerprint density at radius 1 is 0.795 bits per heavy atom. The van der Waals surface area contributed by atoms with E-state index in [1.807, 2.05) is 0 Å². The summed E-state index contributed by atoms with van der Waals surface area (Å²) in [5.74, 6) is -3.71. The molecule has 0 fully saturated rings. The fourth-order valence-corrected chi connectivity index (χ4v) is 4.32. The van der Waals surface area contributed by atoms with E-state index in [9.17, 15) is 34.5 Å². The van der Waals surface area contributed by atoms with Crippen LogP contribution in [0.5, 0.6) is 11.5 Å². The summed E-state index contributed by atoms with van der Waals surface area (Å²) in [5.41, 5.74) is 18.2. The van der Waals surface area contributed by atoms with E-state index in [4.69, 9.17) is 17.2 Å². The number of benzene rings is 2. The molecule has 0 heterocycles. The zero-order chi connectivity index (χ0) is 32.8. The van der Waals surface area contributed by atoms with Crippen LogP contribution in [-0.2, 0) is 32.0 Å². The first kappa shape index (κ1) is 35.3. The highest BCUT2D eigenvalue weighted by Crippen LogP contribution is 2.14. The van der Waals surface area contributed by atoms with E-state index >= 15 is 0 Å². The molecule has 0 aliphatic rings. The van der Waals surface area contributed by atoms with Gasteiger partial charge in [0.25, 0.3) is 0 Å². The number of rotatable bonds is 17. The lowest BCUT2D eigenvalue weighted by Crippen LogP contribution is -2.58. The van der Waals surface area contributed by atoms with Crippen LogP contribution in [0.15, 0.2) is 53.5 Å². The number of aliphatic imine (C=N–C) groups is 1. The van der Waals surface area contributed by atoms with Crippen LogP contribution in [0.4, 0.5) is 0 Å². The summed E-state index contributed by atoms with van der Waals surface area (Å²) >= 11 is 0. The fourth-order valence-electron chi connectivity index (χ4n) is 4.32. The van der Waals surface area contributed by atoms with E-state index in [0.717, 1.165) is 0 Å². The average Bonchev–Trinajstić information content (AvgIpc) is 2.98. The molecule has 0 spiro atoms. The summed E-state index contributed by atoms with van der Waals surface area (Å²) in [6.45, 7) is 3.65. The molecule has 0 radical (unpaired) electrons. The molecule has 0 bridgehead atoms. The quantitative estimate of drug-likeness (QED) is 0.0647. The van der Waals surface area contributed by atoms with Crippen LogP contribution in [0.1, 0.15) is 44.2 Å². The Balaban J connectivity index is 2.28. The summed E-state index contributed by atoms with van der Waals surface area (Å²) in [4.78, 5) is 55.8. The number of carboxylic acids is 1. The number of hydrogen-bond donors (Lipinski definition) is 9. The lowest BCUT2D eigenvalue weighted by molar-refractivity contribution is -0.144. The van der Waals surface area contributed by atoms with E-state index in [1.54, 1.807) is 38.1 Å². The maximum atomic E-state index is 13.6. The molecule has 3 amide bonds. The molecule has 0 saturated heterocycles. The van der Waals surface area contributed by atoms with Gasteiger partial charge in [-0.15, -0.1) is 0 Å². The SMILES string of the molecule is CCC(C)C(NC(=O)C(CCCN=C(N)N)NC(=O)C(Cc1ccc(O)cc1)NC(=O)C(N)Cc1ccc(O)cc1)C(=O)O. The first-order chi connectivity index (χ1) is 20.8. The van der Waals surface area contributed by atoms with Gasteiger partial charge in [-0.2, -0.15) is 0 Å². The summed E-state index contributed by atoms with van der Waals surface area (Å²) in [6, 6.07) is 7.63. The number of nitrogens with one attached hydrogen (secondary N) is 3. The van der Waals surface area contributed by atoms with Crippen LogP contribution in [-0.4, -0.2) is 75.7 Å². The normalized spacial score (nSPS) is 14.2. The highest BCUT2D eigenvalue weighted by atomic mass is 16.4. The number of nitrogens with two attached hydrogens (primary N) is 3. The molecule has 2 aromatic rings. The molecule has 2 aromatic carbocycles. The third kappa shape index (κ3) is 11.8. The Bertz CT molecular complexity index is 1280. The van der Waals surface area contributed by atoms with Gasteiger partial charge in [0.05, 0.1) is 6.04 Å². The van der Waals surface area contributed by atoms with Crippen molar-refractivity contribution in [1.82, 2.24) is 16.0 Å². The second kappa shape index (κ2) is 17.3. The van der Waals surface area contributed by atoms with Crippen molar-refractivity contribution in [3.8, 4) is 11.5 Å².